The molecule has 2 fully saturated rings. The maximum Gasteiger partial charge on any atom is 0.417 e. The molecule has 0 bridgehead atoms. The van der Waals surface area contributed by atoms with Gasteiger partial charge in [0.25, 0.3) is 0 Å². The lowest BCUT2D eigenvalue weighted by molar-refractivity contribution is -0.138. The lowest BCUT2D eigenvalue weighted by Gasteiger charge is -2.31. The van der Waals surface area contributed by atoms with Crippen LogP contribution in [0.1, 0.15) is 30.5 Å². The maximum absolute atomic E-state index is 12.9. The summed E-state index contributed by atoms with van der Waals surface area (Å²) in [5.74, 6) is -0.381. The number of piperidine rings is 1. The van der Waals surface area contributed by atoms with E-state index in [0.717, 1.165) is 18.7 Å². The van der Waals surface area contributed by atoms with E-state index in [1.807, 2.05) is 0 Å². The smallest absolute Gasteiger partial charge is 0.342 e. The second-order valence-electron chi connectivity index (χ2n) is 8.60. The highest BCUT2D eigenvalue weighted by molar-refractivity contribution is 7.91. The number of thiazole rings is 1. The Morgan fingerprint density at radius 1 is 1.21 bits per heavy atom. The maximum atomic E-state index is 12.9. The summed E-state index contributed by atoms with van der Waals surface area (Å²) in [5.41, 5.74) is 1.78. The number of aromatic nitrogens is 2. The summed E-state index contributed by atoms with van der Waals surface area (Å²) in [6, 6.07) is 7.42. The highest BCUT2D eigenvalue weighted by Crippen LogP contribution is 2.58. The molecule has 0 spiro atoms. The third-order valence-corrected chi connectivity index (χ3v) is 9.45. The molecule has 1 saturated carbocycles. The zero-order chi connectivity index (χ0) is 23.4. The molecule has 3 aromatic rings. The van der Waals surface area contributed by atoms with Crippen molar-refractivity contribution in [1.82, 2.24) is 14.9 Å². The average molecular weight is 496 g/mol. The van der Waals surface area contributed by atoms with Crippen LogP contribution in [0.25, 0.3) is 10.2 Å². The molecular formula is C22H20F3N3O3S2. The topological polar surface area (TPSA) is 80.2 Å². The zero-order valence-electron chi connectivity index (χ0n) is 17.4. The van der Waals surface area contributed by atoms with Gasteiger partial charge in [0.1, 0.15) is 0 Å². The minimum absolute atomic E-state index is 0.115. The Kier molecular flexibility index (Phi) is 5.24. The summed E-state index contributed by atoms with van der Waals surface area (Å²) in [6.07, 6.45) is -2.30. The fraction of sp³-hybridized carbons (Fsp3) is 0.409. The number of rotatable bonds is 5. The number of pyridine rings is 1. The summed E-state index contributed by atoms with van der Waals surface area (Å²) in [6.45, 7) is 0.897. The van der Waals surface area contributed by atoms with Crippen molar-refractivity contribution in [3.05, 3.63) is 53.3 Å². The molecule has 1 saturated heterocycles. The normalized spacial score (nSPS) is 22.9. The van der Waals surface area contributed by atoms with Gasteiger partial charge in [0.15, 0.2) is 9.84 Å². The Labute approximate surface area is 192 Å². The van der Waals surface area contributed by atoms with Crippen molar-refractivity contribution in [3.8, 4) is 0 Å². The number of hydrogen-bond donors (Lipinski definition) is 0. The Hall–Kier alpha value is -2.53. The third kappa shape index (κ3) is 4.01. The number of carbonyl (C=O) groups is 1. The monoisotopic (exact) mass is 495 g/mol. The van der Waals surface area contributed by atoms with Crippen LogP contribution in [0.2, 0.25) is 0 Å². The number of sulfone groups is 1. The number of likely N-dealkylation sites (tertiary alicyclic amines) is 1. The van der Waals surface area contributed by atoms with Crippen molar-refractivity contribution in [1.29, 1.82) is 0 Å². The molecule has 11 heteroatoms. The van der Waals surface area contributed by atoms with Crippen LogP contribution in [0.15, 0.2) is 46.9 Å². The average Bonchev–Trinajstić information content (AvgIpc) is 3.34. The van der Waals surface area contributed by atoms with Crippen LogP contribution < -0.4 is 0 Å². The van der Waals surface area contributed by atoms with Gasteiger partial charge in [-0.1, -0.05) is 6.07 Å². The van der Waals surface area contributed by atoms with Gasteiger partial charge in [-0.05, 0) is 43.0 Å². The Bertz CT molecular complexity index is 1320. The van der Waals surface area contributed by atoms with E-state index in [-0.39, 0.29) is 34.3 Å². The lowest BCUT2D eigenvalue weighted by Crippen LogP contribution is -2.41. The molecule has 174 valence electrons. The number of benzene rings is 1. The van der Waals surface area contributed by atoms with E-state index in [4.69, 9.17) is 0 Å². The molecule has 0 radical (unpaired) electrons. The van der Waals surface area contributed by atoms with Crippen LogP contribution in [0.3, 0.4) is 0 Å². The second kappa shape index (κ2) is 7.76. The van der Waals surface area contributed by atoms with Gasteiger partial charge in [0, 0.05) is 36.8 Å². The zero-order valence-corrected chi connectivity index (χ0v) is 19.0. The van der Waals surface area contributed by atoms with Gasteiger partial charge in [-0.25, -0.2) is 13.4 Å². The van der Waals surface area contributed by atoms with Gasteiger partial charge in [0.2, 0.25) is 5.91 Å². The summed E-state index contributed by atoms with van der Waals surface area (Å²) in [5, 5.41) is 0. The first kappa shape index (κ1) is 22.3. The molecule has 2 aromatic heterocycles. The molecule has 1 aromatic carbocycles. The van der Waals surface area contributed by atoms with Gasteiger partial charge < -0.3 is 4.90 Å². The fourth-order valence-corrected chi connectivity index (χ4v) is 7.30. The summed E-state index contributed by atoms with van der Waals surface area (Å²) < 4.78 is 64.7. The van der Waals surface area contributed by atoms with Crippen molar-refractivity contribution in [2.45, 2.75) is 35.7 Å². The molecule has 5 rings (SSSR count). The van der Waals surface area contributed by atoms with Gasteiger partial charge in [0.05, 0.1) is 31.9 Å². The minimum atomic E-state index is -4.42. The number of halogens is 3. The van der Waals surface area contributed by atoms with Crippen LogP contribution in [-0.4, -0.2) is 48.0 Å². The molecule has 0 N–H and O–H groups in total. The fourth-order valence-electron chi connectivity index (χ4n) is 4.74. The predicted molar refractivity (Wildman–Crippen MR) is 117 cm³/mol. The number of alkyl halides is 3. The number of hydrogen-bond acceptors (Lipinski definition) is 6. The van der Waals surface area contributed by atoms with E-state index < -0.39 is 21.6 Å². The minimum Gasteiger partial charge on any atom is -0.342 e. The van der Waals surface area contributed by atoms with Crippen molar-refractivity contribution >= 4 is 37.3 Å². The number of amides is 1. The molecule has 1 aliphatic carbocycles. The first-order valence-corrected chi connectivity index (χ1v) is 13.0. The standard InChI is InChI=1S/C22H20F3N3O3S2/c23-22(24,25)14-4-5-18(26-11-14)21-7-8-28(12-15(21)10-21)19(29)6-9-33(30,31)17-3-1-2-16-20(17)32-13-27-16/h1-5,11,13,15H,6-10,12H2. The van der Waals surface area contributed by atoms with Crippen LogP contribution in [-0.2, 0) is 26.2 Å². The molecule has 2 atom stereocenters. The molecule has 1 amide bonds. The van der Waals surface area contributed by atoms with Gasteiger partial charge >= 0.3 is 6.18 Å². The lowest BCUT2D eigenvalue weighted by atomic mass is 9.90. The van der Waals surface area contributed by atoms with E-state index in [2.05, 4.69) is 9.97 Å². The van der Waals surface area contributed by atoms with E-state index in [1.54, 1.807) is 22.5 Å². The molecule has 6 nitrogen and oxygen atoms in total. The van der Waals surface area contributed by atoms with Crippen molar-refractivity contribution < 1.29 is 26.4 Å². The van der Waals surface area contributed by atoms with Gasteiger partial charge in [-0.15, -0.1) is 11.3 Å². The molecule has 1 aliphatic heterocycles. The third-order valence-electron chi connectivity index (χ3n) is 6.69. The molecule has 3 heterocycles. The molecular weight excluding hydrogens is 475 g/mol. The van der Waals surface area contributed by atoms with E-state index in [9.17, 15) is 26.4 Å². The number of carbonyl (C=O) groups excluding carboxylic acids is 1. The molecule has 33 heavy (non-hydrogen) atoms. The molecule has 2 aliphatic rings. The second-order valence-corrected chi connectivity index (χ2v) is 11.5. The van der Waals surface area contributed by atoms with Gasteiger partial charge in [-0.2, -0.15) is 13.2 Å². The predicted octanol–water partition coefficient (Wildman–Crippen LogP) is 4.06. The largest absolute Gasteiger partial charge is 0.417 e. The van der Waals surface area contributed by atoms with E-state index in [1.165, 1.54) is 23.5 Å². The highest BCUT2D eigenvalue weighted by atomic mass is 32.2. The van der Waals surface area contributed by atoms with Crippen molar-refractivity contribution in [2.24, 2.45) is 5.92 Å². The van der Waals surface area contributed by atoms with Crippen LogP contribution in [0.5, 0.6) is 0 Å². The van der Waals surface area contributed by atoms with Crippen LogP contribution in [0, 0.1) is 5.92 Å². The highest BCUT2D eigenvalue weighted by Gasteiger charge is 2.59. The summed E-state index contributed by atoms with van der Waals surface area (Å²) >= 11 is 1.25. The number of fused-ring (bicyclic) bond motifs is 2. The van der Waals surface area contributed by atoms with Crippen LogP contribution >= 0.6 is 11.3 Å². The SMILES string of the molecule is O=C(CCS(=O)(=O)c1cccc2ncsc12)N1CCC2(c3ccc(C(F)(F)F)cn3)CC2C1. The first-order valence-electron chi connectivity index (χ1n) is 10.5. The number of nitrogens with zero attached hydrogens (tertiary/aromatic N) is 3. The van der Waals surface area contributed by atoms with Crippen molar-refractivity contribution in [3.63, 3.8) is 0 Å². The van der Waals surface area contributed by atoms with Crippen molar-refractivity contribution in [2.75, 3.05) is 18.8 Å². The van der Waals surface area contributed by atoms with Gasteiger partial charge in [-0.3, -0.25) is 9.78 Å². The quantitative estimate of drug-likeness (QED) is 0.533. The summed E-state index contributed by atoms with van der Waals surface area (Å²) in [4.78, 5) is 22.8. The summed E-state index contributed by atoms with van der Waals surface area (Å²) in [7, 11) is -3.64. The van der Waals surface area contributed by atoms with Crippen LogP contribution in [0.4, 0.5) is 13.2 Å². The van der Waals surface area contributed by atoms with E-state index in [0.29, 0.717) is 35.4 Å². The Balaban J connectivity index is 1.21. The van der Waals surface area contributed by atoms with E-state index >= 15 is 0 Å². The molecule has 2 unspecified atom stereocenters. The Morgan fingerprint density at radius 2 is 2.03 bits per heavy atom. The first-order chi connectivity index (χ1) is 15.6. The Morgan fingerprint density at radius 3 is 2.73 bits per heavy atom.